The zero-order valence-corrected chi connectivity index (χ0v) is 8.14. The number of pyridine rings is 1. The minimum Gasteiger partial charge on any atom is -0.495 e. The van der Waals surface area contributed by atoms with E-state index in [2.05, 4.69) is 18.0 Å². The van der Waals surface area contributed by atoms with Gasteiger partial charge in [-0.05, 0) is 31.9 Å². The van der Waals surface area contributed by atoms with Crippen LogP contribution < -0.4 is 4.74 Å². The third-order valence-corrected chi connectivity index (χ3v) is 1.93. The van der Waals surface area contributed by atoms with Gasteiger partial charge in [0.05, 0.1) is 12.8 Å². The quantitative estimate of drug-likeness (QED) is 0.670. The van der Waals surface area contributed by atoms with Crippen molar-refractivity contribution in [3.63, 3.8) is 0 Å². The average Bonchev–Trinajstić information content (AvgIpc) is 2.03. The fourth-order valence-corrected chi connectivity index (χ4v) is 1.44. The molecule has 0 aliphatic heterocycles. The number of nitrogens with zero attached hydrogens (tertiary/aromatic N) is 1. The Morgan fingerprint density at radius 2 is 2.08 bits per heavy atom. The average molecular weight is 165 g/mol. The molecule has 0 bridgehead atoms. The van der Waals surface area contributed by atoms with E-state index in [1.807, 2.05) is 13.8 Å². The van der Waals surface area contributed by atoms with Crippen LogP contribution in [0.2, 0.25) is 0 Å². The second kappa shape index (κ2) is 3.57. The smallest absolute Gasteiger partial charge is 0.143 e. The summed E-state index contributed by atoms with van der Waals surface area (Å²) in [5.74, 6) is 0.933. The molecular weight excluding hydrogens is 150 g/mol. The molecule has 0 fully saturated rings. The number of aromatic nitrogens is 1. The minimum atomic E-state index is 0.933. The van der Waals surface area contributed by atoms with Gasteiger partial charge in [0.15, 0.2) is 0 Å². The predicted molar refractivity (Wildman–Crippen MR) is 49.6 cm³/mol. The Morgan fingerprint density at radius 1 is 1.42 bits per heavy atom. The largest absolute Gasteiger partial charge is 0.495 e. The van der Waals surface area contributed by atoms with Gasteiger partial charge in [-0.1, -0.05) is 6.92 Å². The Morgan fingerprint density at radius 3 is 2.58 bits per heavy atom. The molecule has 2 heteroatoms. The van der Waals surface area contributed by atoms with E-state index in [4.69, 9.17) is 4.74 Å². The molecule has 0 spiro atoms. The molecule has 0 aliphatic rings. The van der Waals surface area contributed by atoms with Gasteiger partial charge in [0.2, 0.25) is 0 Å². The maximum absolute atomic E-state index is 5.26. The van der Waals surface area contributed by atoms with Gasteiger partial charge in [0, 0.05) is 5.69 Å². The van der Waals surface area contributed by atoms with Crippen molar-refractivity contribution in [1.82, 2.24) is 4.98 Å². The van der Waals surface area contributed by atoms with E-state index in [0.717, 1.165) is 23.6 Å². The first kappa shape index (κ1) is 9.04. The lowest BCUT2D eigenvalue weighted by molar-refractivity contribution is 0.404. The Balaban J connectivity index is 3.24. The molecule has 0 aromatic carbocycles. The van der Waals surface area contributed by atoms with Crippen LogP contribution in [0.3, 0.4) is 0 Å². The Hall–Kier alpha value is -1.05. The predicted octanol–water partition coefficient (Wildman–Crippen LogP) is 2.27. The topological polar surface area (TPSA) is 22.1 Å². The van der Waals surface area contributed by atoms with Crippen molar-refractivity contribution >= 4 is 0 Å². The van der Waals surface area contributed by atoms with Crippen LogP contribution in [0.1, 0.15) is 23.9 Å². The van der Waals surface area contributed by atoms with Crippen molar-refractivity contribution in [2.75, 3.05) is 7.11 Å². The Labute approximate surface area is 73.6 Å². The Kier molecular flexibility index (Phi) is 2.69. The highest BCUT2D eigenvalue weighted by molar-refractivity contribution is 5.38. The number of hydrogen-bond acceptors (Lipinski definition) is 2. The number of aryl methyl sites for hydroxylation is 3. The number of hydrogen-bond donors (Lipinski definition) is 0. The second-order valence-corrected chi connectivity index (χ2v) is 2.89. The molecule has 0 unspecified atom stereocenters. The maximum Gasteiger partial charge on any atom is 0.143 e. The van der Waals surface area contributed by atoms with Gasteiger partial charge < -0.3 is 4.74 Å². The molecule has 0 N–H and O–H groups in total. The van der Waals surface area contributed by atoms with Gasteiger partial charge in [-0.3, -0.25) is 4.98 Å². The summed E-state index contributed by atoms with van der Waals surface area (Å²) in [6, 6.07) is 2.08. The van der Waals surface area contributed by atoms with Crippen molar-refractivity contribution in [3.8, 4) is 5.75 Å². The standard InChI is InChI=1S/C10H15NO/c1-5-9-6-7(2)11-8(3)10(9)12-4/h6H,5H2,1-4H3. The third-order valence-electron chi connectivity index (χ3n) is 1.93. The monoisotopic (exact) mass is 165 g/mol. The van der Waals surface area contributed by atoms with Crippen LogP contribution in [-0.4, -0.2) is 12.1 Å². The molecule has 0 saturated carbocycles. The molecule has 0 radical (unpaired) electrons. The van der Waals surface area contributed by atoms with Crippen molar-refractivity contribution in [2.24, 2.45) is 0 Å². The SMILES string of the molecule is CCc1cc(C)nc(C)c1OC. The highest BCUT2D eigenvalue weighted by Gasteiger charge is 2.05. The van der Waals surface area contributed by atoms with E-state index in [-0.39, 0.29) is 0 Å². The molecule has 1 aromatic heterocycles. The fraction of sp³-hybridized carbons (Fsp3) is 0.500. The molecule has 12 heavy (non-hydrogen) atoms. The highest BCUT2D eigenvalue weighted by atomic mass is 16.5. The molecule has 1 aromatic rings. The molecule has 0 amide bonds. The molecule has 0 saturated heterocycles. The van der Waals surface area contributed by atoms with Crippen molar-refractivity contribution in [1.29, 1.82) is 0 Å². The molecule has 1 heterocycles. The van der Waals surface area contributed by atoms with Crippen molar-refractivity contribution in [3.05, 3.63) is 23.0 Å². The lowest BCUT2D eigenvalue weighted by Gasteiger charge is -2.09. The van der Waals surface area contributed by atoms with Crippen molar-refractivity contribution in [2.45, 2.75) is 27.2 Å². The zero-order valence-electron chi connectivity index (χ0n) is 8.14. The van der Waals surface area contributed by atoms with Crippen LogP contribution in [0.25, 0.3) is 0 Å². The summed E-state index contributed by atoms with van der Waals surface area (Å²) in [6.07, 6.45) is 0.993. The van der Waals surface area contributed by atoms with Crippen LogP contribution in [-0.2, 0) is 6.42 Å². The summed E-state index contributed by atoms with van der Waals surface area (Å²) in [5.41, 5.74) is 3.28. The van der Waals surface area contributed by atoms with E-state index < -0.39 is 0 Å². The first-order valence-corrected chi connectivity index (χ1v) is 4.20. The molecule has 66 valence electrons. The summed E-state index contributed by atoms with van der Waals surface area (Å²) in [5, 5.41) is 0. The van der Waals surface area contributed by atoms with Gasteiger partial charge in [-0.25, -0.2) is 0 Å². The van der Waals surface area contributed by atoms with Crippen molar-refractivity contribution < 1.29 is 4.74 Å². The Bertz CT molecular complexity index is 281. The summed E-state index contributed by atoms with van der Waals surface area (Å²) >= 11 is 0. The normalized spacial score (nSPS) is 10.0. The van der Waals surface area contributed by atoms with Gasteiger partial charge in [0.25, 0.3) is 0 Å². The number of methoxy groups -OCH3 is 1. The van der Waals surface area contributed by atoms with E-state index in [1.54, 1.807) is 7.11 Å². The highest BCUT2D eigenvalue weighted by Crippen LogP contribution is 2.22. The van der Waals surface area contributed by atoms with Gasteiger partial charge in [-0.2, -0.15) is 0 Å². The fourth-order valence-electron chi connectivity index (χ4n) is 1.44. The summed E-state index contributed by atoms with van der Waals surface area (Å²) in [7, 11) is 1.69. The van der Waals surface area contributed by atoms with E-state index in [0.29, 0.717) is 0 Å². The third kappa shape index (κ3) is 1.58. The van der Waals surface area contributed by atoms with E-state index in [1.165, 1.54) is 5.56 Å². The lowest BCUT2D eigenvalue weighted by atomic mass is 10.1. The summed E-state index contributed by atoms with van der Waals surface area (Å²) in [6.45, 7) is 6.10. The first-order chi connectivity index (χ1) is 5.69. The molecule has 1 rings (SSSR count). The number of rotatable bonds is 2. The van der Waals surface area contributed by atoms with Gasteiger partial charge in [0.1, 0.15) is 5.75 Å². The van der Waals surface area contributed by atoms with Crippen LogP contribution in [0.5, 0.6) is 5.75 Å². The van der Waals surface area contributed by atoms with Gasteiger partial charge >= 0.3 is 0 Å². The first-order valence-electron chi connectivity index (χ1n) is 4.20. The lowest BCUT2D eigenvalue weighted by Crippen LogP contribution is -1.97. The minimum absolute atomic E-state index is 0.933. The van der Waals surface area contributed by atoms with Crippen LogP contribution >= 0.6 is 0 Å². The van der Waals surface area contributed by atoms with Gasteiger partial charge in [-0.15, -0.1) is 0 Å². The van der Waals surface area contributed by atoms with Crippen LogP contribution in [0.15, 0.2) is 6.07 Å². The van der Waals surface area contributed by atoms with E-state index in [9.17, 15) is 0 Å². The second-order valence-electron chi connectivity index (χ2n) is 2.89. The molecule has 2 nitrogen and oxygen atoms in total. The summed E-state index contributed by atoms with van der Waals surface area (Å²) in [4.78, 5) is 4.33. The molecule has 0 atom stereocenters. The maximum atomic E-state index is 5.26. The number of ether oxygens (including phenoxy) is 1. The van der Waals surface area contributed by atoms with E-state index >= 15 is 0 Å². The van der Waals surface area contributed by atoms with Crippen LogP contribution in [0.4, 0.5) is 0 Å². The summed E-state index contributed by atoms with van der Waals surface area (Å²) < 4.78 is 5.26. The zero-order chi connectivity index (χ0) is 9.14. The molecular formula is C10H15NO. The van der Waals surface area contributed by atoms with Crippen LogP contribution in [0, 0.1) is 13.8 Å². The molecule has 0 aliphatic carbocycles.